The van der Waals surface area contributed by atoms with E-state index in [1.165, 1.54) is 7.11 Å². The van der Waals surface area contributed by atoms with E-state index in [0.29, 0.717) is 29.3 Å². The Morgan fingerprint density at radius 2 is 1.61 bits per heavy atom. The SMILES string of the molecule is CO/N=C(\c1ccccc1)c1ccc2c(c1)sc(=O)n2CCOc1ccc(CC(NC(=O)Oc2ccccc2)C(=O)O)cc1. The molecule has 0 bridgehead atoms. The number of hydrogen-bond donors (Lipinski definition) is 2. The highest BCUT2D eigenvalue weighted by atomic mass is 32.1. The zero-order chi connectivity index (χ0) is 30.9. The van der Waals surface area contributed by atoms with E-state index in [4.69, 9.17) is 14.3 Å². The quantitative estimate of drug-likeness (QED) is 0.144. The van der Waals surface area contributed by atoms with Crippen LogP contribution in [0.3, 0.4) is 0 Å². The molecule has 1 heterocycles. The van der Waals surface area contributed by atoms with Gasteiger partial charge in [-0.05, 0) is 42.0 Å². The van der Waals surface area contributed by atoms with Crippen LogP contribution in [-0.2, 0) is 22.6 Å². The molecule has 1 aromatic heterocycles. The number of fused-ring (bicyclic) bond motifs is 1. The van der Waals surface area contributed by atoms with Crippen molar-refractivity contribution < 1.29 is 29.0 Å². The van der Waals surface area contributed by atoms with Gasteiger partial charge < -0.3 is 24.7 Å². The monoisotopic (exact) mass is 611 g/mol. The minimum Gasteiger partial charge on any atom is -0.492 e. The summed E-state index contributed by atoms with van der Waals surface area (Å²) in [7, 11) is 1.50. The third-order valence-corrected chi connectivity index (χ3v) is 7.60. The average Bonchev–Trinajstić information content (AvgIpc) is 3.35. The van der Waals surface area contributed by atoms with Crippen molar-refractivity contribution >= 4 is 39.3 Å². The fourth-order valence-corrected chi connectivity index (χ4v) is 5.52. The van der Waals surface area contributed by atoms with Crippen LogP contribution < -0.4 is 19.7 Å². The maximum Gasteiger partial charge on any atom is 0.413 e. The largest absolute Gasteiger partial charge is 0.492 e. The summed E-state index contributed by atoms with van der Waals surface area (Å²) >= 11 is 1.15. The number of carboxylic acid groups (broad SMARTS) is 1. The Bertz CT molecular complexity index is 1820. The molecular formula is C33H29N3O7S. The molecule has 44 heavy (non-hydrogen) atoms. The number of nitrogens with one attached hydrogen (secondary N) is 1. The second-order valence-electron chi connectivity index (χ2n) is 9.62. The van der Waals surface area contributed by atoms with Crippen LogP contribution in [0.25, 0.3) is 10.2 Å². The predicted molar refractivity (Wildman–Crippen MR) is 168 cm³/mol. The lowest BCUT2D eigenvalue weighted by molar-refractivity contribution is -0.139. The predicted octanol–water partition coefficient (Wildman–Crippen LogP) is 5.33. The summed E-state index contributed by atoms with van der Waals surface area (Å²) < 4.78 is 13.5. The minimum atomic E-state index is -1.18. The van der Waals surface area contributed by atoms with Gasteiger partial charge in [0.15, 0.2) is 0 Å². The number of ether oxygens (including phenoxy) is 2. The number of aromatic nitrogens is 1. The fraction of sp³-hybridized carbons (Fsp3) is 0.152. The van der Waals surface area contributed by atoms with Crippen LogP contribution in [0.1, 0.15) is 16.7 Å². The number of benzene rings is 4. The van der Waals surface area contributed by atoms with E-state index < -0.39 is 18.1 Å². The van der Waals surface area contributed by atoms with Gasteiger partial charge in [-0.15, -0.1) is 0 Å². The highest BCUT2D eigenvalue weighted by Crippen LogP contribution is 2.22. The van der Waals surface area contributed by atoms with Gasteiger partial charge in [0.25, 0.3) is 0 Å². The molecule has 2 N–H and O–H groups in total. The van der Waals surface area contributed by atoms with Crippen LogP contribution >= 0.6 is 11.3 Å². The number of aliphatic carboxylic acids is 1. The summed E-state index contributed by atoms with van der Waals surface area (Å²) in [5.74, 6) is -0.305. The molecule has 0 aliphatic rings. The lowest BCUT2D eigenvalue weighted by atomic mass is 10.0. The molecular weight excluding hydrogens is 582 g/mol. The normalized spacial score (nSPS) is 12.0. The van der Waals surface area contributed by atoms with Crippen molar-refractivity contribution in [2.24, 2.45) is 5.16 Å². The molecule has 5 rings (SSSR count). The first-order chi connectivity index (χ1) is 21.4. The fourth-order valence-electron chi connectivity index (χ4n) is 4.56. The van der Waals surface area contributed by atoms with Crippen LogP contribution in [0.15, 0.2) is 113 Å². The first-order valence-corrected chi connectivity index (χ1v) is 14.5. The maximum absolute atomic E-state index is 12.8. The van der Waals surface area contributed by atoms with E-state index in [0.717, 1.165) is 32.7 Å². The molecule has 4 aromatic carbocycles. The van der Waals surface area contributed by atoms with Gasteiger partial charge in [-0.2, -0.15) is 0 Å². The summed E-state index contributed by atoms with van der Waals surface area (Å²) in [6.45, 7) is 0.587. The van der Waals surface area contributed by atoms with Crippen LogP contribution in [0.5, 0.6) is 11.5 Å². The summed E-state index contributed by atoms with van der Waals surface area (Å²) in [5.41, 5.74) is 3.90. The van der Waals surface area contributed by atoms with Crippen LogP contribution in [0.4, 0.5) is 4.79 Å². The van der Waals surface area contributed by atoms with E-state index in [-0.39, 0.29) is 17.9 Å². The summed E-state index contributed by atoms with van der Waals surface area (Å²) in [5, 5.41) is 16.2. The van der Waals surface area contributed by atoms with E-state index in [9.17, 15) is 19.5 Å². The molecule has 10 nitrogen and oxygen atoms in total. The number of carbonyl (C=O) groups is 2. The number of nitrogens with zero attached hydrogens (tertiary/aromatic N) is 2. The zero-order valence-electron chi connectivity index (χ0n) is 23.7. The third-order valence-electron chi connectivity index (χ3n) is 6.66. The van der Waals surface area contributed by atoms with Gasteiger partial charge in [0.2, 0.25) is 0 Å². The summed E-state index contributed by atoms with van der Waals surface area (Å²) in [4.78, 5) is 41.7. The Kier molecular flexibility index (Phi) is 9.68. The highest BCUT2D eigenvalue weighted by Gasteiger charge is 2.21. The molecule has 224 valence electrons. The maximum atomic E-state index is 12.8. The van der Waals surface area contributed by atoms with E-state index in [1.54, 1.807) is 59.2 Å². The molecule has 0 fully saturated rings. The Labute approximate surface area is 256 Å². The number of oxime groups is 1. The standard InChI is InChI=1S/C33H29N3O7S/c1-41-35-30(23-8-4-2-5-9-23)24-14-17-28-29(21-24)44-33(40)36(28)18-19-42-25-15-12-22(13-16-25)20-27(31(37)38)34-32(39)43-26-10-6-3-7-11-26/h2-17,21,27H,18-20H2,1H3,(H,34,39)(H,37,38)/b35-30+. The number of rotatable bonds is 12. The van der Waals surface area contributed by atoms with Crippen molar-refractivity contribution in [2.45, 2.75) is 19.0 Å². The molecule has 1 atom stereocenters. The lowest BCUT2D eigenvalue weighted by Gasteiger charge is -2.15. The third kappa shape index (κ3) is 7.50. The summed E-state index contributed by atoms with van der Waals surface area (Å²) in [6, 6.07) is 29.5. The minimum absolute atomic E-state index is 0.0544. The van der Waals surface area contributed by atoms with Crippen molar-refractivity contribution in [3.05, 3.63) is 129 Å². The van der Waals surface area contributed by atoms with Gasteiger partial charge in [-0.1, -0.05) is 83.2 Å². The Hall–Kier alpha value is -5.42. The molecule has 1 amide bonds. The van der Waals surface area contributed by atoms with Gasteiger partial charge >= 0.3 is 16.9 Å². The van der Waals surface area contributed by atoms with Crippen molar-refractivity contribution in [3.8, 4) is 11.5 Å². The van der Waals surface area contributed by atoms with Crippen LogP contribution in [0, 0.1) is 0 Å². The van der Waals surface area contributed by atoms with Gasteiger partial charge in [0.1, 0.15) is 37.0 Å². The molecule has 0 radical (unpaired) electrons. The second-order valence-corrected chi connectivity index (χ2v) is 10.6. The van der Waals surface area contributed by atoms with E-state index >= 15 is 0 Å². The zero-order valence-corrected chi connectivity index (χ0v) is 24.5. The van der Waals surface area contributed by atoms with Gasteiger partial charge in [0.05, 0.1) is 16.8 Å². The van der Waals surface area contributed by atoms with Crippen molar-refractivity contribution in [3.63, 3.8) is 0 Å². The first-order valence-electron chi connectivity index (χ1n) is 13.7. The number of carboxylic acids is 1. The topological polar surface area (TPSA) is 128 Å². The first kappa shape index (κ1) is 30.1. The molecule has 0 aliphatic heterocycles. The number of amides is 1. The number of thiazole rings is 1. The van der Waals surface area contributed by atoms with Gasteiger partial charge in [-0.3, -0.25) is 9.36 Å². The van der Waals surface area contributed by atoms with Crippen LogP contribution in [0.2, 0.25) is 0 Å². The van der Waals surface area contributed by atoms with E-state index in [2.05, 4.69) is 10.5 Å². The smallest absolute Gasteiger partial charge is 0.413 e. The Balaban J connectivity index is 1.19. The number of hydrogen-bond acceptors (Lipinski definition) is 8. The molecule has 11 heteroatoms. The number of carbonyl (C=O) groups excluding carboxylic acids is 1. The van der Waals surface area contributed by atoms with Crippen molar-refractivity contribution in [1.82, 2.24) is 9.88 Å². The Morgan fingerprint density at radius 3 is 2.30 bits per heavy atom. The molecule has 0 saturated heterocycles. The van der Waals surface area contributed by atoms with Gasteiger partial charge in [0, 0.05) is 17.5 Å². The number of para-hydroxylation sites is 1. The van der Waals surface area contributed by atoms with Crippen LogP contribution in [-0.4, -0.2) is 47.2 Å². The average molecular weight is 612 g/mol. The summed E-state index contributed by atoms with van der Waals surface area (Å²) in [6.07, 6.45) is -0.797. The molecule has 0 saturated carbocycles. The Morgan fingerprint density at radius 1 is 0.909 bits per heavy atom. The molecule has 0 aliphatic carbocycles. The highest BCUT2D eigenvalue weighted by molar-refractivity contribution is 7.16. The lowest BCUT2D eigenvalue weighted by Crippen LogP contribution is -2.43. The van der Waals surface area contributed by atoms with Gasteiger partial charge in [-0.25, -0.2) is 9.59 Å². The molecule has 5 aromatic rings. The van der Waals surface area contributed by atoms with E-state index in [1.807, 2.05) is 48.5 Å². The van der Waals surface area contributed by atoms with Crippen molar-refractivity contribution in [2.75, 3.05) is 13.7 Å². The second kappa shape index (κ2) is 14.2. The molecule has 0 spiro atoms. The van der Waals surface area contributed by atoms with Crippen molar-refractivity contribution in [1.29, 1.82) is 0 Å². The molecule has 1 unspecified atom stereocenters.